The summed E-state index contributed by atoms with van der Waals surface area (Å²) in [6.07, 6.45) is 10.8. The Morgan fingerprint density at radius 2 is 2.24 bits per heavy atom. The molecular weight excluding hydrogens is 306 g/mol. The third kappa shape index (κ3) is 4.92. The van der Waals surface area contributed by atoms with Crippen molar-refractivity contribution in [3.8, 4) is 0 Å². The summed E-state index contributed by atoms with van der Waals surface area (Å²) < 4.78 is 1.56. The number of rotatable bonds is 9. The van der Waals surface area contributed by atoms with Gasteiger partial charge in [-0.15, -0.1) is 0 Å². The van der Waals surface area contributed by atoms with E-state index in [0.29, 0.717) is 16.6 Å². The molecule has 2 rings (SSSR count). The third-order valence-corrected chi connectivity index (χ3v) is 4.96. The van der Waals surface area contributed by atoms with Crippen LogP contribution in [0.4, 0.5) is 5.69 Å². The van der Waals surface area contributed by atoms with Crippen LogP contribution >= 0.6 is 23.4 Å². The summed E-state index contributed by atoms with van der Waals surface area (Å²) in [4.78, 5) is 12.4. The summed E-state index contributed by atoms with van der Waals surface area (Å²) in [7, 11) is 0. The highest BCUT2D eigenvalue weighted by molar-refractivity contribution is 7.98. The molecule has 1 aromatic heterocycles. The number of nitrogens with zero attached hydrogens (tertiary/aromatic N) is 2. The Labute approximate surface area is 135 Å². The van der Waals surface area contributed by atoms with Gasteiger partial charge in [-0.2, -0.15) is 16.9 Å². The van der Waals surface area contributed by atoms with E-state index in [1.54, 1.807) is 10.9 Å². The summed E-state index contributed by atoms with van der Waals surface area (Å²) in [5.74, 6) is 1.81. The number of anilines is 1. The van der Waals surface area contributed by atoms with E-state index >= 15 is 0 Å². The number of hydrogen-bond acceptors (Lipinski definition) is 4. The predicted octanol–water partition coefficient (Wildman–Crippen LogP) is 3.64. The molecule has 0 unspecified atom stereocenters. The molecule has 1 N–H and O–H groups in total. The first-order valence-corrected chi connectivity index (χ1v) is 9.48. The van der Waals surface area contributed by atoms with E-state index in [1.807, 2.05) is 11.8 Å². The van der Waals surface area contributed by atoms with Crippen molar-refractivity contribution < 1.29 is 0 Å². The van der Waals surface area contributed by atoms with Gasteiger partial charge in [0.25, 0.3) is 5.56 Å². The molecule has 0 atom stereocenters. The number of nitrogens with one attached hydrogen (secondary N) is 1. The van der Waals surface area contributed by atoms with Crippen LogP contribution in [0.5, 0.6) is 0 Å². The van der Waals surface area contributed by atoms with Gasteiger partial charge in [-0.1, -0.05) is 24.4 Å². The first-order valence-electron chi connectivity index (χ1n) is 7.71. The fraction of sp³-hybridized carbons (Fsp3) is 0.733. The number of unbranched alkanes of at least 4 members (excludes halogenated alkanes) is 2. The Kier molecular flexibility index (Phi) is 6.90. The Morgan fingerprint density at radius 1 is 1.43 bits per heavy atom. The second-order valence-electron chi connectivity index (χ2n) is 5.63. The quantitative estimate of drug-likeness (QED) is 0.703. The van der Waals surface area contributed by atoms with Gasteiger partial charge in [0.2, 0.25) is 0 Å². The maximum atomic E-state index is 12.4. The van der Waals surface area contributed by atoms with Gasteiger partial charge in [0.15, 0.2) is 0 Å². The summed E-state index contributed by atoms with van der Waals surface area (Å²) in [6, 6.07) is 0. The molecule has 1 saturated carbocycles. The molecule has 1 heterocycles. The van der Waals surface area contributed by atoms with E-state index in [0.717, 1.165) is 19.5 Å². The Morgan fingerprint density at radius 3 is 2.90 bits per heavy atom. The molecule has 0 aliphatic heterocycles. The van der Waals surface area contributed by atoms with Crippen molar-refractivity contribution >= 4 is 29.1 Å². The molecule has 0 saturated heterocycles. The van der Waals surface area contributed by atoms with Crippen molar-refractivity contribution in [2.45, 2.75) is 45.1 Å². The molecule has 0 radical (unpaired) electrons. The largest absolute Gasteiger partial charge is 0.379 e. The van der Waals surface area contributed by atoms with Crippen molar-refractivity contribution in [3.05, 3.63) is 21.6 Å². The van der Waals surface area contributed by atoms with Gasteiger partial charge in [0.05, 0.1) is 11.2 Å². The second-order valence-corrected chi connectivity index (χ2v) is 7.02. The van der Waals surface area contributed by atoms with Crippen LogP contribution in [0.2, 0.25) is 5.02 Å². The lowest BCUT2D eigenvalue weighted by Crippen LogP contribution is -2.31. The highest BCUT2D eigenvalue weighted by atomic mass is 35.5. The number of thioether (sulfide) groups is 1. The minimum atomic E-state index is -0.0847. The van der Waals surface area contributed by atoms with Crippen molar-refractivity contribution in [3.63, 3.8) is 0 Å². The predicted molar refractivity (Wildman–Crippen MR) is 91.6 cm³/mol. The SMILES string of the molecule is CSCCCCCNc1c(Cl)cnn(CC2CCC2)c1=O. The lowest BCUT2D eigenvalue weighted by Gasteiger charge is -2.25. The van der Waals surface area contributed by atoms with Crippen LogP contribution in [-0.4, -0.2) is 28.3 Å². The molecule has 0 aromatic carbocycles. The van der Waals surface area contributed by atoms with Gasteiger partial charge >= 0.3 is 0 Å². The second kappa shape index (κ2) is 8.69. The number of halogens is 1. The molecule has 1 aliphatic carbocycles. The summed E-state index contributed by atoms with van der Waals surface area (Å²) >= 11 is 7.98. The lowest BCUT2D eigenvalue weighted by molar-refractivity contribution is 0.262. The molecule has 118 valence electrons. The van der Waals surface area contributed by atoms with E-state index < -0.39 is 0 Å². The van der Waals surface area contributed by atoms with Gasteiger partial charge in [-0.25, -0.2) is 4.68 Å². The monoisotopic (exact) mass is 329 g/mol. The fourth-order valence-electron chi connectivity index (χ4n) is 2.44. The third-order valence-electron chi connectivity index (χ3n) is 3.98. The maximum absolute atomic E-state index is 12.4. The van der Waals surface area contributed by atoms with Crippen LogP contribution in [0.15, 0.2) is 11.0 Å². The summed E-state index contributed by atoms with van der Waals surface area (Å²) in [6.45, 7) is 1.51. The van der Waals surface area contributed by atoms with E-state index in [4.69, 9.17) is 11.6 Å². The van der Waals surface area contributed by atoms with Crippen LogP contribution in [0.25, 0.3) is 0 Å². The number of hydrogen-bond donors (Lipinski definition) is 1. The maximum Gasteiger partial charge on any atom is 0.291 e. The molecule has 6 heteroatoms. The van der Waals surface area contributed by atoms with Crippen molar-refractivity contribution in [1.82, 2.24) is 9.78 Å². The van der Waals surface area contributed by atoms with Crippen molar-refractivity contribution in [2.75, 3.05) is 23.9 Å². The normalized spacial score (nSPS) is 15.0. The fourth-order valence-corrected chi connectivity index (χ4v) is 3.12. The van der Waals surface area contributed by atoms with Gasteiger partial charge in [0, 0.05) is 13.1 Å². The smallest absolute Gasteiger partial charge is 0.291 e. The Hall–Kier alpha value is -0.680. The molecular formula is C15H24ClN3OS. The van der Waals surface area contributed by atoms with Crippen LogP contribution < -0.4 is 10.9 Å². The first kappa shape index (κ1) is 16.7. The Bertz CT molecular complexity index is 502. The zero-order valence-corrected chi connectivity index (χ0v) is 14.2. The average molecular weight is 330 g/mol. The average Bonchev–Trinajstić information content (AvgIpc) is 2.43. The molecule has 4 nitrogen and oxygen atoms in total. The van der Waals surface area contributed by atoms with E-state index in [9.17, 15) is 4.79 Å². The Balaban J connectivity index is 1.88. The van der Waals surface area contributed by atoms with Gasteiger partial charge < -0.3 is 5.32 Å². The highest BCUT2D eigenvalue weighted by Gasteiger charge is 2.20. The van der Waals surface area contributed by atoms with Gasteiger partial charge in [-0.3, -0.25) is 4.79 Å². The van der Waals surface area contributed by atoms with Crippen molar-refractivity contribution in [2.24, 2.45) is 5.92 Å². The molecule has 0 spiro atoms. The zero-order chi connectivity index (χ0) is 15.1. The molecule has 1 fully saturated rings. The minimum absolute atomic E-state index is 0.0847. The summed E-state index contributed by atoms with van der Waals surface area (Å²) in [5.41, 5.74) is 0.425. The van der Waals surface area contributed by atoms with Crippen molar-refractivity contribution in [1.29, 1.82) is 0 Å². The first-order chi connectivity index (χ1) is 10.2. The zero-order valence-electron chi connectivity index (χ0n) is 12.6. The van der Waals surface area contributed by atoms with Crippen LogP contribution in [0.3, 0.4) is 0 Å². The standard InChI is InChI=1S/C15H24ClN3OS/c1-21-9-4-2-3-8-17-14-13(16)10-18-19(15(14)20)11-12-6-5-7-12/h10,12,17H,2-9,11H2,1H3. The van der Waals surface area contributed by atoms with Gasteiger partial charge in [-0.05, 0) is 43.6 Å². The van der Waals surface area contributed by atoms with Crippen LogP contribution in [0, 0.1) is 5.92 Å². The van der Waals surface area contributed by atoms with Crippen LogP contribution in [-0.2, 0) is 6.54 Å². The molecule has 0 bridgehead atoms. The molecule has 0 amide bonds. The lowest BCUT2D eigenvalue weighted by atomic mass is 9.85. The van der Waals surface area contributed by atoms with E-state index in [-0.39, 0.29) is 5.56 Å². The molecule has 1 aliphatic rings. The van der Waals surface area contributed by atoms with E-state index in [2.05, 4.69) is 16.7 Å². The molecule has 21 heavy (non-hydrogen) atoms. The van der Waals surface area contributed by atoms with E-state index in [1.165, 1.54) is 37.9 Å². The summed E-state index contributed by atoms with van der Waals surface area (Å²) in [5, 5.41) is 7.78. The molecule has 1 aromatic rings. The van der Waals surface area contributed by atoms with Crippen LogP contribution in [0.1, 0.15) is 38.5 Å². The minimum Gasteiger partial charge on any atom is -0.379 e. The topological polar surface area (TPSA) is 46.9 Å². The van der Waals surface area contributed by atoms with Gasteiger partial charge in [0.1, 0.15) is 5.69 Å². The highest BCUT2D eigenvalue weighted by Crippen LogP contribution is 2.27. The number of aromatic nitrogens is 2.